The first-order valence-electron chi connectivity index (χ1n) is 8.08. The van der Waals surface area contributed by atoms with Gasteiger partial charge in [0.15, 0.2) is 11.5 Å². The summed E-state index contributed by atoms with van der Waals surface area (Å²) in [5.74, 6) is 0.627. The van der Waals surface area contributed by atoms with Gasteiger partial charge in [-0.05, 0) is 36.7 Å². The van der Waals surface area contributed by atoms with Crippen molar-refractivity contribution in [3.63, 3.8) is 0 Å². The number of hydrogen-bond acceptors (Lipinski definition) is 4. The van der Waals surface area contributed by atoms with Gasteiger partial charge in [0.2, 0.25) is 0 Å². The molecule has 0 amide bonds. The maximum Gasteiger partial charge on any atom is 0.180 e. The number of methoxy groups -OCH3 is 2. The summed E-state index contributed by atoms with van der Waals surface area (Å²) in [5.41, 5.74) is 1.45. The third kappa shape index (κ3) is 5.88. The normalized spacial score (nSPS) is 10.7. The van der Waals surface area contributed by atoms with Crippen molar-refractivity contribution in [2.45, 2.75) is 19.6 Å². The molecule has 0 unspecified atom stereocenters. The van der Waals surface area contributed by atoms with E-state index in [0.29, 0.717) is 28.6 Å². The number of halogens is 2. The highest BCUT2D eigenvalue weighted by Gasteiger charge is 2.13. The molecule has 0 atom stereocenters. The van der Waals surface area contributed by atoms with E-state index in [1.807, 2.05) is 12.1 Å². The van der Waals surface area contributed by atoms with E-state index in [-0.39, 0.29) is 12.4 Å². The fourth-order valence-corrected chi connectivity index (χ4v) is 2.64. The van der Waals surface area contributed by atoms with Gasteiger partial charge in [0, 0.05) is 25.8 Å². The Balaban J connectivity index is 2.02. The van der Waals surface area contributed by atoms with Gasteiger partial charge in [-0.25, -0.2) is 4.39 Å². The van der Waals surface area contributed by atoms with Gasteiger partial charge in [0.05, 0.1) is 12.1 Å². The predicted octanol–water partition coefficient (Wildman–Crippen LogP) is 4.19. The van der Waals surface area contributed by atoms with E-state index in [1.54, 1.807) is 32.4 Å². The molecular weight excluding hydrogens is 345 g/mol. The topological polar surface area (TPSA) is 39.7 Å². The zero-order valence-electron chi connectivity index (χ0n) is 14.5. The third-order valence-electron chi connectivity index (χ3n) is 3.65. The first-order valence-corrected chi connectivity index (χ1v) is 8.45. The second kappa shape index (κ2) is 10.2. The minimum atomic E-state index is -0.311. The predicted molar refractivity (Wildman–Crippen MR) is 96.9 cm³/mol. The number of ether oxygens (including phenoxy) is 3. The van der Waals surface area contributed by atoms with Gasteiger partial charge in [0.1, 0.15) is 12.4 Å². The molecule has 25 heavy (non-hydrogen) atoms. The Morgan fingerprint density at radius 3 is 2.68 bits per heavy atom. The molecule has 0 saturated heterocycles. The van der Waals surface area contributed by atoms with Crippen molar-refractivity contribution in [1.82, 2.24) is 5.32 Å². The smallest absolute Gasteiger partial charge is 0.180 e. The van der Waals surface area contributed by atoms with Crippen LogP contribution < -0.4 is 14.8 Å². The summed E-state index contributed by atoms with van der Waals surface area (Å²) in [5, 5.41) is 3.75. The van der Waals surface area contributed by atoms with Gasteiger partial charge in [-0.3, -0.25) is 0 Å². The van der Waals surface area contributed by atoms with Gasteiger partial charge in [0.25, 0.3) is 0 Å². The Bertz CT molecular complexity index is 682. The van der Waals surface area contributed by atoms with Crippen LogP contribution in [0, 0.1) is 5.82 Å². The second-order valence-electron chi connectivity index (χ2n) is 5.51. The van der Waals surface area contributed by atoms with Crippen LogP contribution in [-0.2, 0) is 17.9 Å². The van der Waals surface area contributed by atoms with E-state index in [4.69, 9.17) is 25.8 Å². The highest BCUT2D eigenvalue weighted by Crippen LogP contribution is 2.37. The maximum absolute atomic E-state index is 13.7. The van der Waals surface area contributed by atoms with Gasteiger partial charge in [-0.2, -0.15) is 0 Å². The molecule has 0 radical (unpaired) electrons. The lowest BCUT2D eigenvalue weighted by Crippen LogP contribution is -2.16. The molecule has 1 N–H and O–H groups in total. The summed E-state index contributed by atoms with van der Waals surface area (Å²) in [7, 11) is 3.24. The van der Waals surface area contributed by atoms with E-state index >= 15 is 0 Å². The monoisotopic (exact) mass is 367 g/mol. The molecule has 2 aromatic carbocycles. The Kier molecular flexibility index (Phi) is 7.98. The molecule has 0 fully saturated rings. The zero-order chi connectivity index (χ0) is 18.1. The molecular formula is C19H23ClFNO3. The van der Waals surface area contributed by atoms with Crippen molar-refractivity contribution < 1.29 is 18.6 Å². The molecule has 6 heteroatoms. The van der Waals surface area contributed by atoms with E-state index < -0.39 is 0 Å². The molecule has 0 heterocycles. The number of hydrogen-bond donors (Lipinski definition) is 1. The first-order chi connectivity index (χ1) is 12.2. The van der Waals surface area contributed by atoms with Crippen molar-refractivity contribution in [2.75, 3.05) is 27.4 Å². The van der Waals surface area contributed by atoms with Crippen LogP contribution >= 0.6 is 11.6 Å². The zero-order valence-corrected chi connectivity index (χ0v) is 15.2. The quantitative estimate of drug-likeness (QED) is 0.639. The van der Waals surface area contributed by atoms with E-state index in [9.17, 15) is 4.39 Å². The average Bonchev–Trinajstić information content (AvgIpc) is 2.61. The van der Waals surface area contributed by atoms with E-state index in [0.717, 1.165) is 25.1 Å². The van der Waals surface area contributed by atoms with Crippen molar-refractivity contribution in [3.05, 3.63) is 58.4 Å². The van der Waals surface area contributed by atoms with Gasteiger partial charge >= 0.3 is 0 Å². The summed E-state index contributed by atoms with van der Waals surface area (Å²) in [4.78, 5) is 0. The van der Waals surface area contributed by atoms with E-state index in [2.05, 4.69) is 5.32 Å². The molecule has 4 nitrogen and oxygen atoms in total. The van der Waals surface area contributed by atoms with Gasteiger partial charge < -0.3 is 19.5 Å². The number of nitrogens with one attached hydrogen (secondary N) is 1. The van der Waals surface area contributed by atoms with Crippen LogP contribution in [0.3, 0.4) is 0 Å². The summed E-state index contributed by atoms with van der Waals surface area (Å²) in [6, 6.07) is 10.2. The molecule has 0 aliphatic rings. The largest absolute Gasteiger partial charge is 0.493 e. The molecule has 2 rings (SSSR count). The highest BCUT2D eigenvalue weighted by atomic mass is 35.5. The average molecular weight is 368 g/mol. The molecule has 2 aromatic rings. The van der Waals surface area contributed by atoms with Crippen LogP contribution in [0.4, 0.5) is 4.39 Å². The van der Waals surface area contributed by atoms with Crippen LogP contribution in [0.5, 0.6) is 11.5 Å². The van der Waals surface area contributed by atoms with Crippen molar-refractivity contribution >= 4 is 11.6 Å². The minimum absolute atomic E-state index is 0.0807. The third-order valence-corrected chi connectivity index (χ3v) is 3.93. The lowest BCUT2D eigenvalue weighted by atomic mass is 10.2. The van der Waals surface area contributed by atoms with Crippen LogP contribution in [0.2, 0.25) is 5.02 Å². The molecule has 136 valence electrons. The maximum atomic E-state index is 13.7. The molecule has 0 aromatic heterocycles. The first kappa shape index (κ1) is 19.5. The molecule has 0 spiro atoms. The Labute approximate surface area is 152 Å². The highest BCUT2D eigenvalue weighted by molar-refractivity contribution is 6.32. The number of rotatable bonds is 10. The fourth-order valence-electron chi connectivity index (χ4n) is 2.35. The van der Waals surface area contributed by atoms with Crippen molar-refractivity contribution in [2.24, 2.45) is 0 Å². The van der Waals surface area contributed by atoms with Crippen molar-refractivity contribution in [1.29, 1.82) is 0 Å². The summed E-state index contributed by atoms with van der Waals surface area (Å²) >= 11 is 6.34. The van der Waals surface area contributed by atoms with Gasteiger partial charge in [-0.1, -0.05) is 29.8 Å². The Morgan fingerprint density at radius 1 is 1.16 bits per heavy atom. The minimum Gasteiger partial charge on any atom is -0.493 e. The van der Waals surface area contributed by atoms with Crippen molar-refractivity contribution in [3.8, 4) is 11.5 Å². The molecule has 0 saturated carbocycles. The van der Waals surface area contributed by atoms with Crippen LogP contribution in [0.1, 0.15) is 17.5 Å². The molecule has 0 bridgehead atoms. The van der Waals surface area contributed by atoms with E-state index in [1.165, 1.54) is 6.07 Å². The fraction of sp³-hybridized carbons (Fsp3) is 0.368. The molecule has 0 aliphatic carbocycles. The molecule has 0 aliphatic heterocycles. The lowest BCUT2D eigenvalue weighted by Gasteiger charge is -2.15. The van der Waals surface area contributed by atoms with Crippen LogP contribution in [-0.4, -0.2) is 27.4 Å². The van der Waals surface area contributed by atoms with Crippen LogP contribution in [0.25, 0.3) is 0 Å². The SMILES string of the molecule is COCCCNCc1cc(Cl)c(OCc2ccccc2F)c(OC)c1. The number of benzene rings is 2. The standard InChI is InChI=1S/C19H23ClFNO3/c1-23-9-5-8-22-12-14-10-16(20)19(18(11-14)24-2)25-13-15-6-3-4-7-17(15)21/h3-4,6-7,10-11,22H,5,8-9,12-13H2,1-2H3. The lowest BCUT2D eigenvalue weighted by molar-refractivity contribution is 0.194. The summed E-state index contributed by atoms with van der Waals surface area (Å²) < 4.78 is 29.8. The summed E-state index contributed by atoms with van der Waals surface area (Å²) in [6.07, 6.45) is 0.936. The summed E-state index contributed by atoms with van der Waals surface area (Å²) in [6.45, 7) is 2.31. The second-order valence-corrected chi connectivity index (χ2v) is 5.92. The Morgan fingerprint density at radius 2 is 1.96 bits per heavy atom. The Hall–Kier alpha value is -1.82. The van der Waals surface area contributed by atoms with Gasteiger partial charge in [-0.15, -0.1) is 0 Å². The van der Waals surface area contributed by atoms with Crippen LogP contribution in [0.15, 0.2) is 36.4 Å².